The van der Waals surface area contributed by atoms with Crippen LogP contribution in [0.25, 0.3) is 0 Å². The van der Waals surface area contributed by atoms with Crippen LogP contribution in [0.2, 0.25) is 0 Å². The molecular formula is C17H17FN2O. The molecule has 1 fully saturated rings. The first-order valence-corrected chi connectivity index (χ1v) is 7.12. The van der Waals surface area contributed by atoms with Crippen molar-refractivity contribution in [2.24, 2.45) is 0 Å². The average Bonchev–Trinajstić information content (AvgIpc) is 2.93. The Hall–Kier alpha value is -2.36. The first-order chi connectivity index (χ1) is 10.3. The third kappa shape index (κ3) is 2.89. The molecule has 0 atom stereocenters. The van der Waals surface area contributed by atoms with E-state index < -0.39 is 0 Å². The fraction of sp³-hybridized carbons (Fsp3) is 0.235. The molecule has 2 aromatic carbocycles. The van der Waals surface area contributed by atoms with Crippen LogP contribution >= 0.6 is 0 Å². The molecule has 1 heterocycles. The van der Waals surface area contributed by atoms with Crippen LogP contribution in [-0.4, -0.2) is 12.5 Å². The van der Waals surface area contributed by atoms with Gasteiger partial charge in [0.2, 0.25) is 5.91 Å². The van der Waals surface area contributed by atoms with E-state index in [-0.39, 0.29) is 11.7 Å². The highest BCUT2D eigenvalue weighted by Gasteiger charge is 2.23. The van der Waals surface area contributed by atoms with E-state index in [9.17, 15) is 9.18 Å². The summed E-state index contributed by atoms with van der Waals surface area (Å²) >= 11 is 0. The Labute approximate surface area is 123 Å². The maximum absolute atomic E-state index is 13.7. The number of para-hydroxylation sites is 2. The molecule has 21 heavy (non-hydrogen) atoms. The van der Waals surface area contributed by atoms with Gasteiger partial charge in [0.1, 0.15) is 5.82 Å². The van der Waals surface area contributed by atoms with Gasteiger partial charge in [-0.15, -0.1) is 0 Å². The molecule has 1 saturated heterocycles. The number of halogens is 1. The van der Waals surface area contributed by atoms with Crippen LogP contribution < -0.4 is 10.2 Å². The Balaban J connectivity index is 1.80. The Morgan fingerprint density at radius 3 is 2.62 bits per heavy atom. The predicted octanol–water partition coefficient (Wildman–Crippen LogP) is 3.56. The highest BCUT2D eigenvalue weighted by atomic mass is 19.1. The molecular weight excluding hydrogens is 267 g/mol. The van der Waals surface area contributed by atoms with E-state index in [0.717, 1.165) is 24.3 Å². The smallest absolute Gasteiger partial charge is 0.227 e. The Morgan fingerprint density at radius 1 is 1.10 bits per heavy atom. The summed E-state index contributed by atoms with van der Waals surface area (Å²) in [6.45, 7) is 1.14. The maximum atomic E-state index is 13.7. The second-order valence-corrected chi connectivity index (χ2v) is 5.11. The van der Waals surface area contributed by atoms with Gasteiger partial charge in [0.25, 0.3) is 0 Å². The largest absolute Gasteiger partial charge is 0.379 e. The Morgan fingerprint density at radius 2 is 1.86 bits per heavy atom. The van der Waals surface area contributed by atoms with Gasteiger partial charge < -0.3 is 10.2 Å². The van der Waals surface area contributed by atoms with E-state index in [4.69, 9.17) is 0 Å². The summed E-state index contributed by atoms with van der Waals surface area (Å²) in [6.07, 6.45) is 1.49. The quantitative estimate of drug-likeness (QED) is 0.931. The van der Waals surface area contributed by atoms with Crippen molar-refractivity contribution in [3.8, 4) is 0 Å². The first kappa shape index (κ1) is 13.6. The zero-order valence-electron chi connectivity index (χ0n) is 11.7. The molecule has 0 saturated carbocycles. The fourth-order valence-corrected chi connectivity index (χ4v) is 2.59. The van der Waals surface area contributed by atoms with E-state index in [2.05, 4.69) is 5.32 Å². The minimum Gasteiger partial charge on any atom is -0.379 e. The summed E-state index contributed by atoms with van der Waals surface area (Å²) < 4.78 is 13.7. The lowest BCUT2D eigenvalue weighted by molar-refractivity contribution is -0.117. The van der Waals surface area contributed by atoms with Crippen molar-refractivity contribution >= 4 is 17.3 Å². The van der Waals surface area contributed by atoms with Crippen LogP contribution in [0.1, 0.15) is 18.4 Å². The molecule has 0 unspecified atom stereocenters. The maximum Gasteiger partial charge on any atom is 0.227 e. The lowest BCUT2D eigenvalue weighted by Crippen LogP contribution is -2.24. The standard InChI is InChI=1S/C17H17FN2O/c18-14-7-2-1-6-13(14)12-19-15-8-3-4-9-16(15)20-11-5-10-17(20)21/h1-4,6-9,19H,5,10-12H2. The van der Waals surface area contributed by atoms with Crippen molar-refractivity contribution in [2.75, 3.05) is 16.8 Å². The van der Waals surface area contributed by atoms with E-state index in [1.807, 2.05) is 30.3 Å². The van der Waals surface area contributed by atoms with Crippen molar-refractivity contribution < 1.29 is 9.18 Å². The molecule has 3 nitrogen and oxygen atoms in total. The van der Waals surface area contributed by atoms with Gasteiger partial charge in [0, 0.05) is 25.1 Å². The number of nitrogens with zero attached hydrogens (tertiary/aromatic N) is 1. The second kappa shape index (κ2) is 5.95. The van der Waals surface area contributed by atoms with Crippen LogP contribution in [0.15, 0.2) is 48.5 Å². The molecule has 108 valence electrons. The number of benzene rings is 2. The van der Waals surface area contributed by atoms with E-state index in [0.29, 0.717) is 18.5 Å². The van der Waals surface area contributed by atoms with Crippen LogP contribution in [-0.2, 0) is 11.3 Å². The van der Waals surface area contributed by atoms with Gasteiger partial charge in [-0.3, -0.25) is 4.79 Å². The molecule has 1 aliphatic heterocycles. The Bertz CT molecular complexity index is 657. The molecule has 1 N–H and O–H groups in total. The molecule has 4 heteroatoms. The molecule has 0 aliphatic carbocycles. The molecule has 2 aromatic rings. The lowest BCUT2D eigenvalue weighted by Gasteiger charge is -2.20. The Kier molecular flexibility index (Phi) is 3.86. The van der Waals surface area contributed by atoms with Gasteiger partial charge >= 0.3 is 0 Å². The molecule has 0 spiro atoms. The second-order valence-electron chi connectivity index (χ2n) is 5.11. The van der Waals surface area contributed by atoms with Crippen molar-refractivity contribution in [3.05, 3.63) is 59.9 Å². The van der Waals surface area contributed by atoms with Crippen LogP contribution in [0, 0.1) is 5.82 Å². The first-order valence-electron chi connectivity index (χ1n) is 7.12. The summed E-state index contributed by atoms with van der Waals surface area (Å²) in [5, 5.41) is 3.23. The summed E-state index contributed by atoms with van der Waals surface area (Å²) in [4.78, 5) is 13.7. The summed E-state index contributed by atoms with van der Waals surface area (Å²) in [7, 11) is 0. The van der Waals surface area contributed by atoms with Crippen molar-refractivity contribution in [3.63, 3.8) is 0 Å². The monoisotopic (exact) mass is 284 g/mol. The molecule has 1 amide bonds. The SMILES string of the molecule is O=C1CCCN1c1ccccc1NCc1ccccc1F. The highest BCUT2D eigenvalue weighted by molar-refractivity contribution is 5.98. The van der Waals surface area contributed by atoms with Gasteiger partial charge in [-0.1, -0.05) is 30.3 Å². The van der Waals surface area contributed by atoms with Crippen LogP contribution in [0.3, 0.4) is 0 Å². The van der Waals surface area contributed by atoms with Gasteiger partial charge in [-0.05, 0) is 24.6 Å². The topological polar surface area (TPSA) is 32.3 Å². The summed E-state index contributed by atoms with van der Waals surface area (Å²) in [5.41, 5.74) is 2.34. The molecule has 1 aliphatic rings. The zero-order valence-corrected chi connectivity index (χ0v) is 11.7. The number of amides is 1. The van der Waals surface area contributed by atoms with Crippen molar-refractivity contribution in [2.45, 2.75) is 19.4 Å². The highest BCUT2D eigenvalue weighted by Crippen LogP contribution is 2.29. The van der Waals surface area contributed by atoms with Gasteiger partial charge in [0.15, 0.2) is 0 Å². The van der Waals surface area contributed by atoms with Crippen molar-refractivity contribution in [1.82, 2.24) is 0 Å². The summed E-state index contributed by atoms with van der Waals surface area (Å²) in [5.74, 6) is -0.0742. The molecule has 0 aromatic heterocycles. The fourth-order valence-electron chi connectivity index (χ4n) is 2.59. The molecule has 0 radical (unpaired) electrons. The van der Waals surface area contributed by atoms with Gasteiger partial charge in [0.05, 0.1) is 11.4 Å². The minimum atomic E-state index is -0.222. The third-order valence-electron chi connectivity index (χ3n) is 3.70. The van der Waals surface area contributed by atoms with E-state index in [1.54, 1.807) is 17.0 Å². The number of carbonyl (C=O) groups excluding carboxylic acids is 1. The average molecular weight is 284 g/mol. The third-order valence-corrected chi connectivity index (χ3v) is 3.70. The number of nitrogens with one attached hydrogen (secondary N) is 1. The van der Waals surface area contributed by atoms with E-state index >= 15 is 0 Å². The van der Waals surface area contributed by atoms with Crippen LogP contribution in [0.4, 0.5) is 15.8 Å². The predicted molar refractivity (Wildman–Crippen MR) is 81.8 cm³/mol. The lowest BCUT2D eigenvalue weighted by atomic mass is 10.2. The van der Waals surface area contributed by atoms with Gasteiger partial charge in [-0.2, -0.15) is 0 Å². The molecule has 0 bridgehead atoms. The van der Waals surface area contributed by atoms with Crippen LogP contribution in [0.5, 0.6) is 0 Å². The number of hydrogen-bond acceptors (Lipinski definition) is 2. The van der Waals surface area contributed by atoms with E-state index in [1.165, 1.54) is 6.07 Å². The number of hydrogen-bond donors (Lipinski definition) is 1. The van der Waals surface area contributed by atoms with Gasteiger partial charge in [-0.25, -0.2) is 4.39 Å². The number of anilines is 2. The molecule has 3 rings (SSSR count). The summed E-state index contributed by atoms with van der Waals surface area (Å²) in [6, 6.07) is 14.4. The zero-order chi connectivity index (χ0) is 14.7. The minimum absolute atomic E-state index is 0.148. The normalized spacial score (nSPS) is 14.5. The number of rotatable bonds is 4. The van der Waals surface area contributed by atoms with Crippen molar-refractivity contribution in [1.29, 1.82) is 0 Å². The number of carbonyl (C=O) groups is 1.